The third kappa shape index (κ3) is 6.50. The second-order valence-corrected chi connectivity index (χ2v) is 8.19. The summed E-state index contributed by atoms with van der Waals surface area (Å²) in [4.78, 5) is 9.23. The van der Waals surface area contributed by atoms with Gasteiger partial charge in [0.2, 0.25) is 0 Å². The first-order valence-corrected chi connectivity index (χ1v) is 11.0. The molecule has 0 amide bonds. The van der Waals surface area contributed by atoms with E-state index in [1.807, 2.05) is 48.5 Å². The highest BCUT2D eigenvalue weighted by atomic mass is 35.5. The van der Waals surface area contributed by atoms with Gasteiger partial charge in [0.1, 0.15) is 0 Å². The molecule has 1 aliphatic heterocycles. The predicted molar refractivity (Wildman–Crippen MR) is 130 cm³/mol. The third-order valence-electron chi connectivity index (χ3n) is 5.25. The summed E-state index contributed by atoms with van der Waals surface area (Å²) in [5, 5.41) is 8.64. The summed E-state index contributed by atoms with van der Waals surface area (Å²) in [5.41, 5.74) is 2.00. The molecule has 6 nitrogen and oxygen atoms in total. The molecule has 2 aromatic carbocycles. The number of hydrogen-bond donors (Lipinski definition) is 1. The number of piperazine rings is 1. The van der Waals surface area contributed by atoms with Gasteiger partial charge in [0, 0.05) is 43.3 Å². The second-order valence-electron chi connectivity index (χ2n) is 7.35. The molecule has 0 spiro atoms. The largest absolute Gasteiger partial charge is 0.368 e. The summed E-state index contributed by atoms with van der Waals surface area (Å²) in [5.74, 6) is 1.08. The molecule has 1 aliphatic rings. The van der Waals surface area contributed by atoms with E-state index >= 15 is 0 Å². The van der Waals surface area contributed by atoms with Gasteiger partial charge >= 0.3 is 0 Å². The monoisotopic (exact) mass is 481 g/mol. The normalized spacial score (nSPS) is 14.3. The molecule has 0 saturated carbocycles. The van der Waals surface area contributed by atoms with Crippen molar-refractivity contribution in [2.75, 3.05) is 49.5 Å². The van der Waals surface area contributed by atoms with Crippen LogP contribution in [0.4, 0.5) is 11.6 Å². The van der Waals surface area contributed by atoms with Crippen molar-refractivity contribution in [2.45, 2.75) is 12.8 Å². The van der Waals surface area contributed by atoms with Crippen LogP contribution in [0.2, 0.25) is 10.0 Å². The molecule has 166 valence electrons. The molecule has 1 N–H and O–H groups in total. The average Bonchev–Trinajstić information content (AvgIpc) is 3.24. The van der Waals surface area contributed by atoms with Crippen molar-refractivity contribution in [1.29, 1.82) is 0 Å². The summed E-state index contributed by atoms with van der Waals surface area (Å²) >= 11 is 12.3. The van der Waals surface area contributed by atoms with Crippen LogP contribution in [-0.4, -0.2) is 54.3 Å². The highest BCUT2D eigenvalue weighted by molar-refractivity contribution is 6.36. The zero-order chi connectivity index (χ0) is 20.8. The smallest absolute Gasteiger partial charge is 0.263 e. The molecule has 1 fully saturated rings. The second kappa shape index (κ2) is 11.6. The first kappa shape index (κ1) is 23.7. The van der Waals surface area contributed by atoms with E-state index in [1.165, 1.54) is 0 Å². The Balaban J connectivity index is 0.00000272. The fourth-order valence-corrected chi connectivity index (χ4v) is 4.13. The quantitative estimate of drug-likeness (QED) is 0.429. The van der Waals surface area contributed by atoms with Gasteiger partial charge in [-0.05, 0) is 54.9 Å². The Kier molecular flexibility index (Phi) is 8.84. The maximum absolute atomic E-state index is 6.34. The van der Waals surface area contributed by atoms with Crippen LogP contribution in [0.5, 0.6) is 0 Å². The van der Waals surface area contributed by atoms with Crippen LogP contribution in [0.3, 0.4) is 0 Å². The lowest BCUT2D eigenvalue weighted by molar-refractivity contribution is 0.254. The summed E-state index contributed by atoms with van der Waals surface area (Å²) < 4.78 is 5.31. The zero-order valence-electron chi connectivity index (χ0n) is 17.1. The Hall–Kier alpha value is -1.99. The lowest BCUT2D eigenvalue weighted by Crippen LogP contribution is -2.46. The minimum Gasteiger partial charge on any atom is -0.368 e. The standard InChI is InChI=1S/C22H25Cl2N5O.ClH/c23-18-8-9-20(19(24)16-18)29-14-12-28(13-15-29)11-5-4-10-25-22-26-21(30-27-22)17-6-2-1-3-7-17;/h1-3,6-9,16H,4-5,10-15H2,(H,25,27);1H. The first-order chi connectivity index (χ1) is 14.7. The number of rotatable bonds is 8. The van der Waals surface area contributed by atoms with Crippen molar-refractivity contribution in [1.82, 2.24) is 15.0 Å². The van der Waals surface area contributed by atoms with Gasteiger partial charge in [-0.1, -0.05) is 41.4 Å². The van der Waals surface area contributed by atoms with Gasteiger partial charge in [-0.3, -0.25) is 4.90 Å². The van der Waals surface area contributed by atoms with Crippen LogP contribution in [0.25, 0.3) is 11.5 Å². The van der Waals surface area contributed by atoms with Gasteiger partial charge in [-0.25, -0.2) is 0 Å². The number of halogens is 3. The third-order valence-corrected chi connectivity index (χ3v) is 5.79. The first-order valence-electron chi connectivity index (χ1n) is 10.2. The fourth-order valence-electron chi connectivity index (χ4n) is 3.60. The molecule has 31 heavy (non-hydrogen) atoms. The van der Waals surface area contributed by atoms with Crippen LogP contribution in [0, 0.1) is 0 Å². The zero-order valence-corrected chi connectivity index (χ0v) is 19.5. The van der Waals surface area contributed by atoms with E-state index in [-0.39, 0.29) is 12.4 Å². The van der Waals surface area contributed by atoms with Crippen molar-refractivity contribution in [2.24, 2.45) is 0 Å². The van der Waals surface area contributed by atoms with Crippen LogP contribution >= 0.6 is 35.6 Å². The van der Waals surface area contributed by atoms with Gasteiger partial charge in [0.25, 0.3) is 11.8 Å². The van der Waals surface area contributed by atoms with Crippen LogP contribution in [0.15, 0.2) is 53.1 Å². The van der Waals surface area contributed by atoms with Crippen molar-refractivity contribution < 1.29 is 4.52 Å². The lowest BCUT2D eigenvalue weighted by atomic mass is 10.2. The molecule has 0 unspecified atom stereocenters. The topological polar surface area (TPSA) is 57.4 Å². The molecular weight excluding hydrogens is 457 g/mol. The molecule has 4 rings (SSSR count). The Morgan fingerprint density at radius 1 is 0.968 bits per heavy atom. The average molecular weight is 483 g/mol. The molecule has 0 atom stereocenters. The van der Waals surface area contributed by atoms with E-state index < -0.39 is 0 Å². The molecule has 0 aliphatic carbocycles. The minimum atomic E-state index is 0. The van der Waals surface area contributed by atoms with E-state index in [0.717, 1.165) is 68.4 Å². The van der Waals surface area contributed by atoms with Gasteiger partial charge in [-0.2, -0.15) is 4.98 Å². The van der Waals surface area contributed by atoms with Crippen LogP contribution in [-0.2, 0) is 0 Å². The molecular formula is C22H26Cl3N5O. The SMILES string of the molecule is Cl.Clc1ccc(N2CCN(CCCCNc3noc(-c4ccccc4)n3)CC2)c(Cl)c1. The van der Waals surface area contributed by atoms with Crippen molar-refractivity contribution in [3.05, 3.63) is 58.6 Å². The van der Waals surface area contributed by atoms with Crippen molar-refractivity contribution in [3.63, 3.8) is 0 Å². The number of nitrogens with one attached hydrogen (secondary N) is 1. The molecule has 0 bridgehead atoms. The summed E-state index contributed by atoms with van der Waals surface area (Å²) in [6, 6.07) is 15.5. The number of nitrogens with zero attached hydrogens (tertiary/aromatic N) is 4. The molecule has 2 heterocycles. The number of unbranched alkanes of at least 4 members (excludes halogenated alkanes) is 1. The Morgan fingerprint density at radius 3 is 2.48 bits per heavy atom. The molecule has 9 heteroatoms. The lowest BCUT2D eigenvalue weighted by Gasteiger charge is -2.36. The van der Waals surface area contributed by atoms with Gasteiger partial charge in [0.15, 0.2) is 0 Å². The van der Waals surface area contributed by atoms with E-state index in [0.29, 0.717) is 16.9 Å². The van der Waals surface area contributed by atoms with Gasteiger partial charge < -0.3 is 14.7 Å². The van der Waals surface area contributed by atoms with E-state index in [4.69, 9.17) is 27.7 Å². The van der Waals surface area contributed by atoms with E-state index in [1.54, 1.807) is 0 Å². The molecule has 1 aromatic heterocycles. The Bertz CT molecular complexity index is 945. The maximum Gasteiger partial charge on any atom is 0.263 e. The number of hydrogen-bond acceptors (Lipinski definition) is 6. The molecule has 0 radical (unpaired) electrons. The minimum absolute atomic E-state index is 0. The summed E-state index contributed by atoms with van der Waals surface area (Å²) in [6.07, 6.45) is 2.18. The highest BCUT2D eigenvalue weighted by Crippen LogP contribution is 2.29. The Labute approximate surface area is 198 Å². The van der Waals surface area contributed by atoms with Crippen LogP contribution in [0.1, 0.15) is 12.8 Å². The number of benzene rings is 2. The highest BCUT2D eigenvalue weighted by Gasteiger charge is 2.18. The van der Waals surface area contributed by atoms with Crippen LogP contribution < -0.4 is 10.2 Å². The van der Waals surface area contributed by atoms with Crippen molar-refractivity contribution >= 4 is 47.2 Å². The van der Waals surface area contributed by atoms with E-state index in [9.17, 15) is 0 Å². The van der Waals surface area contributed by atoms with Gasteiger partial charge in [-0.15, -0.1) is 12.4 Å². The summed E-state index contributed by atoms with van der Waals surface area (Å²) in [7, 11) is 0. The molecule has 1 saturated heterocycles. The predicted octanol–water partition coefficient (Wildman–Crippen LogP) is 5.48. The Morgan fingerprint density at radius 2 is 1.74 bits per heavy atom. The van der Waals surface area contributed by atoms with Crippen molar-refractivity contribution in [3.8, 4) is 11.5 Å². The fraction of sp³-hybridized carbons (Fsp3) is 0.364. The molecule has 3 aromatic rings. The number of anilines is 2. The maximum atomic E-state index is 6.34. The van der Waals surface area contributed by atoms with Gasteiger partial charge in [0.05, 0.1) is 10.7 Å². The van der Waals surface area contributed by atoms with E-state index in [2.05, 4.69) is 25.3 Å². The number of aromatic nitrogens is 2. The summed E-state index contributed by atoms with van der Waals surface area (Å²) in [6.45, 7) is 5.95.